The summed E-state index contributed by atoms with van der Waals surface area (Å²) in [4.78, 5) is 0. The van der Waals surface area contributed by atoms with Crippen LogP contribution in [0.5, 0.6) is 0 Å². The zero-order chi connectivity index (χ0) is 8.10. The van der Waals surface area contributed by atoms with Crippen LogP contribution in [0, 0.1) is 0 Å². The topological polar surface area (TPSA) is 24.1 Å². The van der Waals surface area contributed by atoms with Gasteiger partial charge in [-0.1, -0.05) is 11.6 Å². The van der Waals surface area contributed by atoms with Crippen molar-refractivity contribution in [1.29, 1.82) is 0 Å². The minimum absolute atomic E-state index is 0.597. The standard InChI is InChI=1S/C9H18N2/c1-8-6-9(7-11-8)4-3-5-10-2/h6,8,10-11H,3-5,7H2,1-2H3. The van der Waals surface area contributed by atoms with E-state index < -0.39 is 0 Å². The van der Waals surface area contributed by atoms with Gasteiger partial charge in [0.25, 0.3) is 0 Å². The Morgan fingerprint density at radius 2 is 2.55 bits per heavy atom. The Morgan fingerprint density at radius 1 is 1.73 bits per heavy atom. The second-order valence-electron chi connectivity index (χ2n) is 3.20. The molecule has 11 heavy (non-hydrogen) atoms. The lowest BCUT2D eigenvalue weighted by Gasteiger charge is -2.00. The summed E-state index contributed by atoms with van der Waals surface area (Å²) in [7, 11) is 2.00. The van der Waals surface area contributed by atoms with Crippen LogP contribution in [0.15, 0.2) is 11.6 Å². The minimum atomic E-state index is 0.597. The van der Waals surface area contributed by atoms with E-state index in [0.717, 1.165) is 13.1 Å². The summed E-state index contributed by atoms with van der Waals surface area (Å²) >= 11 is 0. The first-order chi connectivity index (χ1) is 5.33. The molecule has 0 spiro atoms. The van der Waals surface area contributed by atoms with E-state index in [0.29, 0.717) is 6.04 Å². The van der Waals surface area contributed by atoms with Gasteiger partial charge in [-0.05, 0) is 33.4 Å². The van der Waals surface area contributed by atoms with E-state index in [1.165, 1.54) is 12.8 Å². The van der Waals surface area contributed by atoms with Crippen LogP contribution in [0.25, 0.3) is 0 Å². The van der Waals surface area contributed by atoms with Gasteiger partial charge in [0.15, 0.2) is 0 Å². The third kappa shape index (κ3) is 3.04. The molecule has 0 aromatic carbocycles. The molecular weight excluding hydrogens is 136 g/mol. The molecule has 2 N–H and O–H groups in total. The predicted octanol–water partition coefficient (Wildman–Crippen LogP) is 0.904. The second-order valence-corrected chi connectivity index (χ2v) is 3.20. The molecule has 0 fully saturated rings. The maximum absolute atomic E-state index is 3.38. The normalized spacial score (nSPS) is 23.8. The van der Waals surface area contributed by atoms with Crippen LogP contribution in [0.3, 0.4) is 0 Å². The van der Waals surface area contributed by atoms with Crippen molar-refractivity contribution >= 4 is 0 Å². The van der Waals surface area contributed by atoms with Gasteiger partial charge >= 0.3 is 0 Å². The summed E-state index contributed by atoms with van der Waals surface area (Å²) in [6, 6.07) is 0.597. The molecular formula is C9H18N2. The van der Waals surface area contributed by atoms with E-state index in [4.69, 9.17) is 0 Å². The van der Waals surface area contributed by atoms with Crippen LogP contribution in [-0.2, 0) is 0 Å². The summed E-state index contributed by atoms with van der Waals surface area (Å²) in [6.07, 6.45) is 4.85. The van der Waals surface area contributed by atoms with Crippen molar-refractivity contribution in [1.82, 2.24) is 10.6 Å². The van der Waals surface area contributed by atoms with E-state index in [2.05, 4.69) is 23.6 Å². The molecule has 0 aromatic heterocycles. The fraction of sp³-hybridized carbons (Fsp3) is 0.778. The third-order valence-corrected chi connectivity index (χ3v) is 2.06. The van der Waals surface area contributed by atoms with Gasteiger partial charge in [-0.15, -0.1) is 0 Å². The maximum atomic E-state index is 3.38. The summed E-state index contributed by atoms with van der Waals surface area (Å²) < 4.78 is 0. The number of hydrogen-bond acceptors (Lipinski definition) is 2. The highest BCUT2D eigenvalue weighted by Gasteiger charge is 2.08. The van der Waals surface area contributed by atoms with Gasteiger partial charge < -0.3 is 10.6 Å². The molecule has 0 aliphatic carbocycles. The van der Waals surface area contributed by atoms with Gasteiger partial charge in [-0.2, -0.15) is 0 Å². The molecule has 2 nitrogen and oxygen atoms in total. The molecule has 1 unspecified atom stereocenters. The fourth-order valence-electron chi connectivity index (χ4n) is 1.43. The van der Waals surface area contributed by atoms with E-state index in [9.17, 15) is 0 Å². The van der Waals surface area contributed by atoms with Crippen LogP contribution in [0.2, 0.25) is 0 Å². The van der Waals surface area contributed by atoms with Crippen molar-refractivity contribution in [2.75, 3.05) is 20.1 Å². The first kappa shape index (κ1) is 8.75. The van der Waals surface area contributed by atoms with Crippen molar-refractivity contribution < 1.29 is 0 Å². The monoisotopic (exact) mass is 154 g/mol. The maximum Gasteiger partial charge on any atom is 0.0227 e. The minimum Gasteiger partial charge on any atom is -0.320 e. The average Bonchev–Trinajstić information content (AvgIpc) is 2.37. The van der Waals surface area contributed by atoms with Gasteiger partial charge in [0.2, 0.25) is 0 Å². The molecule has 0 saturated carbocycles. The Hall–Kier alpha value is -0.340. The number of hydrogen-bond donors (Lipinski definition) is 2. The lowest BCUT2D eigenvalue weighted by Crippen LogP contribution is -2.18. The second kappa shape index (κ2) is 4.52. The Labute approximate surface area is 69.1 Å². The summed E-state index contributed by atoms with van der Waals surface area (Å²) in [5.74, 6) is 0. The molecule has 0 radical (unpaired) electrons. The van der Waals surface area contributed by atoms with E-state index in [1.54, 1.807) is 5.57 Å². The fourth-order valence-corrected chi connectivity index (χ4v) is 1.43. The molecule has 0 bridgehead atoms. The smallest absolute Gasteiger partial charge is 0.0227 e. The van der Waals surface area contributed by atoms with E-state index >= 15 is 0 Å². The predicted molar refractivity (Wildman–Crippen MR) is 48.7 cm³/mol. The molecule has 0 saturated heterocycles. The summed E-state index contributed by atoms with van der Waals surface area (Å²) in [5.41, 5.74) is 1.58. The van der Waals surface area contributed by atoms with E-state index in [-0.39, 0.29) is 0 Å². The lowest BCUT2D eigenvalue weighted by atomic mass is 10.1. The quantitative estimate of drug-likeness (QED) is 0.464. The van der Waals surface area contributed by atoms with Gasteiger partial charge in [-0.3, -0.25) is 0 Å². The SMILES string of the molecule is CNCCCC1=CC(C)NC1. The highest BCUT2D eigenvalue weighted by molar-refractivity contribution is 5.14. The molecule has 2 heteroatoms. The van der Waals surface area contributed by atoms with Gasteiger partial charge in [0.1, 0.15) is 0 Å². The first-order valence-corrected chi connectivity index (χ1v) is 4.40. The highest BCUT2D eigenvalue weighted by Crippen LogP contribution is 2.10. The Kier molecular flexibility index (Phi) is 3.60. The van der Waals surface area contributed by atoms with Crippen LogP contribution in [0.1, 0.15) is 19.8 Å². The van der Waals surface area contributed by atoms with Crippen LogP contribution in [0.4, 0.5) is 0 Å². The molecule has 1 aliphatic heterocycles. The highest BCUT2D eigenvalue weighted by atomic mass is 14.9. The number of nitrogens with one attached hydrogen (secondary N) is 2. The largest absolute Gasteiger partial charge is 0.320 e. The summed E-state index contributed by atoms with van der Waals surface area (Å²) in [5, 5.41) is 6.54. The lowest BCUT2D eigenvalue weighted by molar-refractivity contribution is 0.691. The Balaban J connectivity index is 2.12. The van der Waals surface area contributed by atoms with Crippen molar-refractivity contribution in [3.63, 3.8) is 0 Å². The molecule has 64 valence electrons. The molecule has 1 aliphatic rings. The average molecular weight is 154 g/mol. The van der Waals surface area contributed by atoms with Crippen molar-refractivity contribution in [2.24, 2.45) is 0 Å². The molecule has 1 atom stereocenters. The molecule has 0 aromatic rings. The Bertz CT molecular complexity index is 140. The van der Waals surface area contributed by atoms with E-state index in [1.807, 2.05) is 7.05 Å². The van der Waals surface area contributed by atoms with Crippen molar-refractivity contribution in [3.05, 3.63) is 11.6 Å². The van der Waals surface area contributed by atoms with Crippen LogP contribution >= 0.6 is 0 Å². The molecule has 1 rings (SSSR count). The van der Waals surface area contributed by atoms with Gasteiger partial charge in [-0.25, -0.2) is 0 Å². The third-order valence-electron chi connectivity index (χ3n) is 2.06. The first-order valence-electron chi connectivity index (χ1n) is 4.40. The Morgan fingerprint density at radius 3 is 3.09 bits per heavy atom. The van der Waals surface area contributed by atoms with Crippen LogP contribution < -0.4 is 10.6 Å². The van der Waals surface area contributed by atoms with Gasteiger partial charge in [0.05, 0.1) is 0 Å². The summed E-state index contributed by atoms with van der Waals surface area (Å²) in [6.45, 7) is 4.43. The van der Waals surface area contributed by atoms with Gasteiger partial charge in [0, 0.05) is 12.6 Å². The zero-order valence-electron chi connectivity index (χ0n) is 7.48. The molecule has 0 amide bonds. The van der Waals surface area contributed by atoms with Crippen LogP contribution in [-0.4, -0.2) is 26.2 Å². The molecule has 1 heterocycles. The number of rotatable bonds is 4. The van der Waals surface area contributed by atoms with Crippen molar-refractivity contribution in [2.45, 2.75) is 25.8 Å². The van der Waals surface area contributed by atoms with Crippen molar-refractivity contribution in [3.8, 4) is 0 Å². The zero-order valence-corrected chi connectivity index (χ0v) is 7.48.